The summed E-state index contributed by atoms with van der Waals surface area (Å²) in [4.78, 5) is 0. The summed E-state index contributed by atoms with van der Waals surface area (Å²) < 4.78 is 0. The van der Waals surface area contributed by atoms with Gasteiger partial charge in [0.2, 0.25) is 0 Å². The zero-order valence-electron chi connectivity index (χ0n) is 10.8. The standard InChI is InChI=1S/C15H24O/c1-10(2)12-7-9-15(4)8-5-6-11(3)13(15)14(12)16/h6,12-14,16H,1,5,7-9H2,2-4H3/t12?,13-,14+,15-/m1/s1. The molecule has 0 aromatic rings. The molecule has 1 N–H and O–H groups in total. The summed E-state index contributed by atoms with van der Waals surface area (Å²) in [7, 11) is 0. The van der Waals surface area contributed by atoms with Gasteiger partial charge in [0.05, 0.1) is 6.10 Å². The summed E-state index contributed by atoms with van der Waals surface area (Å²) in [5.41, 5.74) is 2.87. The molecular weight excluding hydrogens is 196 g/mol. The largest absolute Gasteiger partial charge is 0.392 e. The van der Waals surface area contributed by atoms with Crippen LogP contribution in [-0.2, 0) is 0 Å². The van der Waals surface area contributed by atoms with E-state index in [0.717, 1.165) is 12.0 Å². The average molecular weight is 220 g/mol. The van der Waals surface area contributed by atoms with E-state index in [1.807, 2.05) is 0 Å². The first-order valence-electron chi connectivity index (χ1n) is 6.46. The highest BCUT2D eigenvalue weighted by atomic mass is 16.3. The molecule has 2 rings (SSSR count). The van der Waals surface area contributed by atoms with E-state index in [4.69, 9.17) is 0 Å². The minimum Gasteiger partial charge on any atom is -0.392 e. The lowest BCUT2D eigenvalue weighted by Gasteiger charge is -2.50. The van der Waals surface area contributed by atoms with E-state index in [9.17, 15) is 5.11 Å². The zero-order valence-corrected chi connectivity index (χ0v) is 10.8. The van der Waals surface area contributed by atoms with E-state index < -0.39 is 0 Å². The topological polar surface area (TPSA) is 20.2 Å². The third-order valence-corrected chi connectivity index (χ3v) is 4.84. The number of aliphatic hydroxyl groups excluding tert-OH is 1. The minimum absolute atomic E-state index is 0.215. The van der Waals surface area contributed by atoms with Crippen LogP contribution in [0.15, 0.2) is 23.8 Å². The Balaban J connectivity index is 2.30. The molecule has 1 nitrogen and oxygen atoms in total. The van der Waals surface area contributed by atoms with Gasteiger partial charge in [-0.2, -0.15) is 0 Å². The summed E-state index contributed by atoms with van der Waals surface area (Å²) in [6.45, 7) is 10.6. The van der Waals surface area contributed by atoms with Crippen LogP contribution in [0.5, 0.6) is 0 Å². The molecule has 0 bridgehead atoms. The van der Waals surface area contributed by atoms with Gasteiger partial charge < -0.3 is 5.11 Å². The Morgan fingerprint density at radius 1 is 1.50 bits per heavy atom. The lowest BCUT2D eigenvalue weighted by atomic mass is 9.56. The quantitative estimate of drug-likeness (QED) is 0.668. The Morgan fingerprint density at radius 2 is 2.19 bits per heavy atom. The fraction of sp³-hybridized carbons (Fsp3) is 0.733. The van der Waals surface area contributed by atoms with Crippen molar-refractivity contribution in [1.82, 2.24) is 0 Å². The molecule has 16 heavy (non-hydrogen) atoms. The van der Waals surface area contributed by atoms with Gasteiger partial charge in [-0.05, 0) is 44.9 Å². The van der Waals surface area contributed by atoms with Gasteiger partial charge in [-0.3, -0.25) is 0 Å². The number of hydrogen-bond acceptors (Lipinski definition) is 1. The fourth-order valence-electron chi connectivity index (χ4n) is 3.85. The first kappa shape index (κ1) is 11.9. The Labute approximate surface area is 99.3 Å². The molecule has 0 spiro atoms. The van der Waals surface area contributed by atoms with Crippen molar-refractivity contribution in [3.05, 3.63) is 23.8 Å². The highest BCUT2D eigenvalue weighted by Gasteiger charge is 2.47. The second-order valence-electron chi connectivity index (χ2n) is 6.10. The maximum atomic E-state index is 10.6. The molecule has 1 fully saturated rings. The van der Waals surface area contributed by atoms with Crippen molar-refractivity contribution >= 4 is 0 Å². The minimum atomic E-state index is -0.215. The fourth-order valence-corrected chi connectivity index (χ4v) is 3.85. The van der Waals surface area contributed by atoms with Crippen LogP contribution in [0.4, 0.5) is 0 Å². The van der Waals surface area contributed by atoms with Crippen molar-refractivity contribution in [3.8, 4) is 0 Å². The zero-order chi connectivity index (χ0) is 11.9. The van der Waals surface area contributed by atoms with Crippen LogP contribution in [0.3, 0.4) is 0 Å². The van der Waals surface area contributed by atoms with E-state index in [-0.39, 0.29) is 6.10 Å². The van der Waals surface area contributed by atoms with Crippen molar-refractivity contribution in [2.45, 2.75) is 52.6 Å². The van der Waals surface area contributed by atoms with E-state index >= 15 is 0 Å². The van der Waals surface area contributed by atoms with Crippen LogP contribution in [0.25, 0.3) is 0 Å². The van der Waals surface area contributed by atoms with E-state index in [2.05, 4.69) is 33.4 Å². The van der Waals surface area contributed by atoms with Crippen molar-refractivity contribution in [3.63, 3.8) is 0 Å². The molecule has 90 valence electrons. The second-order valence-corrected chi connectivity index (χ2v) is 6.10. The summed E-state index contributed by atoms with van der Waals surface area (Å²) >= 11 is 0. The smallest absolute Gasteiger partial charge is 0.0675 e. The molecule has 1 saturated carbocycles. The molecule has 1 unspecified atom stereocenters. The molecule has 2 aliphatic rings. The molecule has 0 aliphatic heterocycles. The normalized spacial score (nSPS) is 43.5. The predicted molar refractivity (Wildman–Crippen MR) is 68.1 cm³/mol. The number of aliphatic hydroxyl groups is 1. The van der Waals surface area contributed by atoms with Crippen molar-refractivity contribution in [2.75, 3.05) is 0 Å². The first-order chi connectivity index (χ1) is 7.46. The monoisotopic (exact) mass is 220 g/mol. The van der Waals surface area contributed by atoms with Gasteiger partial charge in [0.25, 0.3) is 0 Å². The van der Waals surface area contributed by atoms with Gasteiger partial charge in [-0.1, -0.05) is 30.7 Å². The maximum Gasteiger partial charge on any atom is 0.0675 e. The van der Waals surface area contributed by atoms with Gasteiger partial charge >= 0.3 is 0 Å². The van der Waals surface area contributed by atoms with Gasteiger partial charge in [-0.15, -0.1) is 0 Å². The third kappa shape index (κ3) is 1.75. The van der Waals surface area contributed by atoms with E-state index in [1.165, 1.54) is 24.8 Å². The summed E-state index contributed by atoms with van der Waals surface area (Å²) in [6.07, 6.45) is 6.86. The molecule has 0 aromatic heterocycles. The first-order valence-corrected chi connectivity index (χ1v) is 6.46. The molecule has 0 saturated heterocycles. The van der Waals surface area contributed by atoms with E-state index in [0.29, 0.717) is 17.3 Å². The lowest BCUT2D eigenvalue weighted by Crippen LogP contribution is -2.47. The van der Waals surface area contributed by atoms with Crippen molar-refractivity contribution < 1.29 is 5.11 Å². The maximum absolute atomic E-state index is 10.6. The Bertz CT molecular complexity index is 328. The van der Waals surface area contributed by atoms with E-state index in [1.54, 1.807) is 0 Å². The van der Waals surface area contributed by atoms with Crippen LogP contribution in [0.2, 0.25) is 0 Å². The SMILES string of the molecule is C=C(C)C1CC[C@@]2(C)CCC=C(C)[C@@H]2[C@H]1O. The van der Waals surface area contributed by atoms with Gasteiger partial charge in [0, 0.05) is 11.8 Å². The Hall–Kier alpha value is -0.560. The van der Waals surface area contributed by atoms with Crippen LogP contribution in [0.1, 0.15) is 46.5 Å². The number of rotatable bonds is 1. The van der Waals surface area contributed by atoms with Gasteiger partial charge in [-0.25, -0.2) is 0 Å². The van der Waals surface area contributed by atoms with Crippen molar-refractivity contribution in [1.29, 1.82) is 0 Å². The number of allylic oxidation sites excluding steroid dienone is 1. The van der Waals surface area contributed by atoms with Crippen LogP contribution in [0, 0.1) is 17.3 Å². The van der Waals surface area contributed by atoms with Crippen LogP contribution >= 0.6 is 0 Å². The highest BCUT2D eigenvalue weighted by Crippen LogP contribution is 2.52. The third-order valence-electron chi connectivity index (χ3n) is 4.84. The van der Waals surface area contributed by atoms with Crippen molar-refractivity contribution in [2.24, 2.45) is 17.3 Å². The molecule has 0 aromatic carbocycles. The Morgan fingerprint density at radius 3 is 2.81 bits per heavy atom. The van der Waals surface area contributed by atoms with Gasteiger partial charge in [0.1, 0.15) is 0 Å². The Kier molecular flexibility index (Phi) is 3.00. The predicted octanol–water partition coefficient (Wildman–Crippen LogP) is 3.70. The van der Waals surface area contributed by atoms with Gasteiger partial charge in [0.15, 0.2) is 0 Å². The molecule has 2 aliphatic carbocycles. The lowest BCUT2D eigenvalue weighted by molar-refractivity contribution is -0.0356. The summed E-state index contributed by atoms with van der Waals surface area (Å²) in [6, 6.07) is 0. The average Bonchev–Trinajstić information content (AvgIpc) is 2.16. The molecular formula is C15H24O. The summed E-state index contributed by atoms with van der Waals surface area (Å²) in [5, 5.41) is 10.6. The number of fused-ring (bicyclic) bond motifs is 1. The molecule has 0 radical (unpaired) electrons. The molecule has 0 heterocycles. The second kappa shape index (κ2) is 4.03. The number of hydrogen-bond donors (Lipinski definition) is 1. The molecule has 1 heteroatoms. The highest BCUT2D eigenvalue weighted by molar-refractivity contribution is 5.20. The van der Waals surface area contributed by atoms with Crippen LogP contribution < -0.4 is 0 Å². The van der Waals surface area contributed by atoms with Crippen LogP contribution in [-0.4, -0.2) is 11.2 Å². The summed E-state index contributed by atoms with van der Waals surface area (Å²) in [5.74, 6) is 0.663. The molecule has 0 amide bonds. The molecule has 4 atom stereocenters.